The Morgan fingerprint density at radius 3 is 2.26 bits per heavy atom. The molecule has 19 heavy (non-hydrogen) atoms. The number of hydrogen-bond acceptors (Lipinski definition) is 2. The van der Waals surface area contributed by atoms with Gasteiger partial charge in [0.1, 0.15) is 0 Å². The van der Waals surface area contributed by atoms with Gasteiger partial charge in [0.25, 0.3) is 0 Å². The van der Waals surface area contributed by atoms with E-state index >= 15 is 0 Å². The third kappa shape index (κ3) is 3.95. The van der Waals surface area contributed by atoms with E-state index in [1.54, 1.807) is 0 Å². The van der Waals surface area contributed by atoms with Gasteiger partial charge in [-0.25, -0.2) is 0 Å². The van der Waals surface area contributed by atoms with Crippen LogP contribution in [0, 0.1) is 11.3 Å². The van der Waals surface area contributed by atoms with Gasteiger partial charge in [0.2, 0.25) is 5.91 Å². The molecule has 110 valence electrons. The number of hydrogen-bond donors (Lipinski definition) is 2. The maximum atomic E-state index is 12.0. The molecule has 2 saturated carbocycles. The maximum absolute atomic E-state index is 12.0. The first-order chi connectivity index (χ1) is 8.93. The van der Waals surface area contributed by atoms with Crippen LogP contribution in [-0.4, -0.2) is 18.0 Å². The normalized spacial score (nSPS) is 24.2. The fourth-order valence-corrected chi connectivity index (χ4v) is 3.92. The van der Waals surface area contributed by atoms with Crippen molar-refractivity contribution in [2.75, 3.05) is 6.54 Å². The zero-order valence-corrected chi connectivity index (χ0v) is 12.6. The van der Waals surface area contributed by atoms with Crippen molar-refractivity contribution in [3.05, 3.63) is 0 Å². The molecule has 0 aromatic rings. The predicted molar refractivity (Wildman–Crippen MR) is 78.8 cm³/mol. The first-order valence-electron chi connectivity index (χ1n) is 7.99. The fourth-order valence-electron chi connectivity index (χ4n) is 3.92. The Morgan fingerprint density at radius 1 is 1.16 bits per heavy atom. The topological polar surface area (TPSA) is 55.1 Å². The highest BCUT2D eigenvalue weighted by atomic mass is 16.1. The van der Waals surface area contributed by atoms with Crippen LogP contribution < -0.4 is 11.1 Å². The quantitative estimate of drug-likeness (QED) is 0.776. The average molecular weight is 266 g/mol. The van der Waals surface area contributed by atoms with Crippen molar-refractivity contribution < 1.29 is 4.79 Å². The smallest absolute Gasteiger partial charge is 0.221 e. The Morgan fingerprint density at radius 2 is 1.79 bits per heavy atom. The highest BCUT2D eigenvalue weighted by Gasteiger charge is 2.37. The molecule has 0 aromatic carbocycles. The number of amides is 1. The van der Waals surface area contributed by atoms with Crippen molar-refractivity contribution in [2.24, 2.45) is 17.1 Å². The third-order valence-electron chi connectivity index (χ3n) is 5.03. The van der Waals surface area contributed by atoms with Gasteiger partial charge in [-0.05, 0) is 49.9 Å². The molecule has 1 amide bonds. The molecular formula is C16H30N2O. The van der Waals surface area contributed by atoms with Crippen LogP contribution in [0.3, 0.4) is 0 Å². The molecule has 0 bridgehead atoms. The molecule has 0 aromatic heterocycles. The first kappa shape index (κ1) is 14.8. The summed E-state index contributed by atoms with van der Waals surface area (Å²) in [5.41, 5.74) is 6.32. The number of carbonyl (C=O) groups excluding carboxylic acids is 1. The number of rotatable bonds is 6. The second-order valence-electron chi connectivity index (χ2n) is 7.47. The minimum atomic E-state index is -0.190. The molecule has 0 radical (unpaired) electrons. The van der Waals surface area contributed by atoms with Crippen LogP contribution in [-0.2, 0) is 4.79 Å². The van der Waals surface area contributed by atoms with Gasteiger partial charge in [-0.2, -0.15) is 0 Å². The van der Waals surface area contributed by atoms with Gasteiger partial charge in [0.05, 0.1) is 0 Å². The molecule has 2 rings (SSSR count). The van der Waals surface area contributed by atoms with Gasteiger partial charge in [-0.15, -0.1) is 0 Å². The van der Waals surface area contributed by atoms with E-state index < -0.39 is 0 Å². The van der Waals surface area contributed by atoms with Crippen LogP contribution in [0.5, 0.6) is 0 Å². The highest BCUT2D eigenvalue weighted by molar-refractivity contribution is 5.77. The summed E-state index contributed by atoms with van der Waals surface area (Å²) in [6.07, 6.45) is 10.2. The molecule has 0 atom stereocenters. The second kappa shape index (κ2) is 5.82. The maximum Gasteiger partial charge on any atom is 0.221 e. The van der Waals surface area contributed by atoms with Crippen LogP contribution in [0.2, 0.25) is 0 Å². The summed E-state index contributed by atoms with van der Waals surface area (Å²) in [4.78, 5) is 12.0. The van der Waals surface area contributed by atoms with Crippen molar-refractivity contribution in [1.29, 1.82) is 0 Å². The lowest BCUT2D eigenvalue weighted by Gasteiger charge is -2.38. The van der Waals surface area contributed by atoms with Gasteiger partial charge in [0, 0.05) is 18.5 Å². The standard InChI is InChI=1S/C16H30N2O/c1-13(2)10-15(6-3-4-7-15)12-18-14(19)11-16(17)8-5-9-16/h13H,3-12,17H2,1-2H3,(H,18,19). The van der Waals surface area contributed by atoms with Gasteiger partial charge in [0.15, 0.2) is 0 Å². The molecular weight excluding hydrogens is 236 g/mol. The van der Waals surface area contributed by atoms with E-state index in [1.807, 2.05) is 0 Å². The Bertz CT molecular complexity index is 315. The van der Waals surface area contributed by atoms with E-state index in [9.17, 15) is 4.79 Å². The molecule has 0 saturated heterocycles. The van der Waals surface area contributed by atoms with Crippen LogP contribution in [0.1, 0.15) is 71.6 Å². The van der Waals surface area contributed by atoms with Crippen LogP contribution in [0.15, 0.2) is 0 Å². The minimum Gasteiger partial charge on any atom is -0.355 e. The molecule has 2 aliphatic rings. The second-order valence-corrected chi connectivity index (χ2v) is 7.47. The summed E-state index contributed by atoms with van der Waals surface area (Å²) in [5, 5.41) is 3.18. The van der Waals surface area contributed by atoms with Crippen LogP contribution in [0.4, 0.5) is 0 Å². The molecule has 2 fully saturated rings. The monoisotopic (exact) mass is 266 g/mol. The molecule has 3 N–H and O–H groups in total. The van der Waals surface area contributed by atoms with Crippen molar-refractivity contribution in [3.63, 3.8) is 0 Å². The number of nitrogens with two attached hydrogens (primary N) is 1. The van der Waals surface area contributed by atoms with Gasteiger partial charge in [-0.3, -0.25) is 4.79 Å². The minimum absolute atomic E-state index is 0.164. The fraction of sp³-hybridized carbons (Fsp3) is 0.938. The van der Waals surface area contributed by atoms with E-state index in [0.717, 1.165) is 19.4 Å². The summed E-state index contributed by atoms with van der Waals surface area (Å²) in [6.45, 7) is 5.43. The largest absolute Gasteiger partial charge is 0.355 e. The molecule has 0 heterocycles. The summed E-state index contributed by atoms with van der Waals surface area (Å²) < 4.78 is 0. The van der Waals surface area contributed by atoms with Gasteiger partial charge >= 0.3 is 0 Å². The Hall–Kier alpha value is -0.570. The molecule has 0 unspecified atom stereocenters. The van der Waals surface area contributed by atoms with E-state index in [1.165, 1.54) is 38.5 Å². The lowest BCUT2D eigenvalue weighted by molar-refractivity contribution is -0.123. The molecule has 3 nitrogen and oxygen atoms in total. The molecule has 0 aliphatic heterocycles. The molecule has 2 aliphatic carbocycles. The highest BCUT2D eigenvalue weighted by Crippen LogP contribution is 2.42. The zero-order valence-electron chi connectivity index (χ0n) is 12.6. The Kier molecular flexibility index (Phi) is 4.54. The van der Waals surface area contributed by atoms with Crippen molar-refractivity contribution in [1.82, 2.24) is 5.32 Å². The van der Waals surface area contributed by atoms with Crippen molar-refractivity contribution in [2.45, 2.75) is 77.2 Å². The van der Waals surface area contributed by atoms with Crippen LogP contribution >= 0.6 is 0 Å². The zero-order chi connectivity index (χ0) is 13.9. The SMILES string of the molecule is CC(C)CC1(CNC(=O)CC2(N)CCC2)CCCC1. The predicted octanol–water partition coefficient (Wildman–Crippen LogP) is 2.98. The summed E-state index contributed by atoms with van der Waals surface area (Å²) >= 11 is 0. The number of carbonyl (C=O) groups is 1. The van der Waals surface area contributed by atoms with E-state index in [-0.39, 0.29) is 11.4 Å². The summed E-state index contributed by atoms with van der Waals surface area (Å²) in [7, 11) is 0. The van der Waals surface area contributed by atoms with E-state index in [4.69, 9.17) is 5.73 Å². The Labute approximate surface area is 117 Å². The lowest BCUT2D eigenvalue weighted by atomic mass is 9.75. The summed E-state index contributed by atoms with van der Waals surface area (Å²) in [6, 6.07) is 0. The third-order valence-corrected chi connectivity index (χ3v) is 5.03. The Balaban J connectivity index is 1.80. The first-order valence-corrected chi connectivity index (χ1v) is 7.99. The van der Waals surface area contributed by atoms with Crippen molar-refractivity contribution in [3.8, 4) is 0 Å². The molecule has 0 spiro atoms. The van der Waals surface area contributed by atoms with Crippen molar-refractivity contribution >= 4 is 5.91 Å². The van der Waals surface area contributed by atoms with Crippen LogP contribution in [0.25, 0.3) is 0 Å². The summed E-state index contributed by atoms with van der Waals surface area (Å²) in [5.74, 6) is 0.875. The van der Waals surface area contributed by atoms with Gasteiger partial charge < -0.3 is 11.1 Å². The lowest BCUT2D eigenvalue weighted by Crippen LogP contribution is -2.50. The molecule has 3 heteroatoms. The van der Waals surface area contributed by atoms with E-state index in [0.29, 0.717) is 17.8 Å². The van der Waals surface area contributed by atoms with E-state index in [2.05, 4.69) is 19.2 Å². The number of nitrogens with one attached hydrogen (secondary N) is 1. The average Bonchev–Trinajstić information content (AvgIpc) is 2.72. The van der Waals surface area contributed by atoms with Gasteiger partial charge in [-0.1, -0.05) is 26.7 Å².